The van der Waals surface area contributed by atoms with Crippen molar-refractivity contribution in [3.8, 4) is 0 Å². The molecule has 2 amide bonds. The Morgan fingerprint density at radius 3 is 2.54 bits per heavy atom. The summed E-state index contributed by atoms with van der Waals surface area (Å²) in [7, 11) is 0. The summed E-state index contributed by atoms with van der Waals surface area (Å²) in [6, 6.07) is 0. The number of hydrogen-bond acceptors (Lipinski definition) is 6. The fourth-order valence-electron chi connectivity index (χ4n) is 3.77. The van der Waals surface area contributed by atoms with Gasteiger partial charge in [0.1, 0.15) is 11.4 Å². The number of carbonyl (C=O) groups excluding carboxylic acids is 2. The highest BCUT2D eigenvalue weighted by molar-refractivity contribution is 7.20. The van der Waals surface area contributed by atoms with Gasteiger partial charge in [0.25, 0.3) is 11.5 Å². The van der Waals surface area contributed by atoms with Crippen LogP contribution in [0.3, 0.4) is 0 Å². The quantitative estimate of drug-likeness (QED) is 0.769. The van der Waals surface area contributed by atoms with Gasteiger partial charge in [0.15, 0.2) is 0 Å². The minimum Gasteiger partial charge on any atom is -0.378 e. The zero-order valence-electron chi connectivity index (χ0n) is 16.0. The number of rotatable bonds is 3. The second-order valence-electron chi connectivity index (χ2n) is 7.26. The van der Waals surface area contributed by atoms with Gasteiger partial charge in [-0.3, -0.25) is 19.0 Å². The van der Waals surface area contributed by atoms with Gasteiger partial charge in [-0.2, -0.15) is 0 Å². The lowest BCUT2D eigenvalue weighted by atomic mass is 10.1. The van der Waals surface area contributed by atoms with Crippen LogP contribution in [-0.4, -0.2) is 70.6 Å². The predicted octanol–water partition coefficient (Wildman–Crippen LogP) is 1.25. The van der Waals surface area contributed by atoms with Gasteiger partial charge in [-0.05, 0) is 31.7 Å². The van der Waals surface area contributed by atoms with Crippen molar-refractivity contribution < 1.29 is 14.3 Å². The van der Waals surface area contributed by atoms with Crippen LogP contribution in [0.25, 0.3) is 10.2 Å². The number of nitrogens with zero attached hydrogens (tertiary/aromatic N) is 4. The highest BCUT2D eigenvalue weighted by Crippen LogP contribution is 2.28. The lowest BCUT2D eigenvalue weighted by Gasteiger charge is -2.27. The minimum atomic E-state index is -0.266. The first-order valence-corrected chi connectivity index (χ1v) is 10.5. The molecule has 150 valence electrons. The van der Waals surface area contributed by atoms with Crippen molar-refractivity contribution in [3.05, 3.63) is 27.1 Å². The van der Waals surface area contributed by atoms with Crippen molar-refractivity contribution in [2.45, 2.75) is 32.7 Å². The Morgan fingerprint density at radius 2 is 1.82 bits per heavy atom. The number of aryl methyl sites for hydroxylation is 1. The van der Waals surface area contributed by atoms with E-state index in [0.717, 1.165) is 32.4 Å². The highest BCUT2D eigenvalue weighted by atomic mass is 32.1. The van der Waals surface area contributed by atoms with Crippen molar-refractivity contribution in [1.82, 2.24) is 19.4 Å². The summed E-state index contributed by atoms with van der Waals surface area (Å²) in [5, 5.41) is 0.447. The van der Waals surface area contributed by atoms with Gasteiger partial charge in [-0.25, -0.2) is 4.98 Å². The third-order valence-electron chi connectivity index (χ3n) is 5.42. The summed E-state index contributed by atoms with van der Waals surface area (Å²) in [5.74, 6) is -0.139. The maximum absolute atomic E-state index is 13.0. The van der Waals surface area contributed by atoms with Crippen LogP contribution in [0, 0.1) is 6.92 Å². The third-order valence-corrected chi connectivity index (χ3v) is 6.61. The van der Waals surface area contributed by atoms with E-state index in [0.29, 0.717) is 47.0 Å². The largest absolute Gasteiger partial charge is 0.378 e. The summed E-state index contributed by atoms with van der Waals surface area (Å²) in [4.78, 5) is 47.4. The van der Waals surface area contributed by atoms with Gasteiger partial charge in [0.2, 0.25) is 5.91 Å². The number of amides is 2. The highest BCUT2D eigenvalue weighted by Gasteiger charge is 2.25. The Balaban J connectivity index is 1.61. The molecule has 4 heterocycles. The topological polar surface area (TPSA) is 84.7 Å². The van der Waals surface area contributed by atoms with E-state index in [2.05, 4.69) is 4.98 Å². The first kappa shape index (κ1) is 19.1. The molecular formula is C19H24N4O4S. The fraction of sp³-hybridized carbons (Fsp3) is 0.579. The molecule has 2 aliphatic heterocycles. The summed E-state index contributed by atoms with van der Waals surface area (Å²) in [6.07, 6.45) is 4.60. The van der Waals surface area contributed by atoms with E-state index in [-0.39, 0.29) is 23.9 Å². The average molecular weight is 404 g/mol. The molecule has 0 aromatic carbocycles. The molecule has 0 unspecified atom stereocenters. The van der Waals surface area contributed by atoms with Gasteiger partial charge < -0.3 is 14.5 Å². The molecule has 2 aromatic rings. The number of thiophene rings is 1. The van der Waals surface area contributed by atoms with Gasteiger partial charge in [0.05, 0.1) is 29.8 Å². The molecule has 0 radical (unpaired) electrons. The van der Waals surface area contributed by atoms with Crippen molar-refractivity contribution in [1.29, 1.82) is 0 Å². The third kappa shape index (κ3) is 3.56. The Bertz CT molecular complexity index is 955. The molecule has 0 bridgehead atoms. The fourth-order valence-corrected chi connectivity index (χ4v) is 4.88. The van der Waals surface area contributed by atoms with Crippen LogP contribution >= 0.6 is 11.3 Å². The number of aromatic nitrogens is 2. The van der Waals surface area contributed by atoms with Crippen LogP contribution in [0.5, 0.6) is 0 Å². The van der Waals surface area contributed by atoms with Crippen molar-refractivity contribution >= 4 is 33.4 Å². The van der Waals surface area contributed by atoms with Crippen LogP contribution in [0.2, 0.25) is 0 Å². The first-order valence-electron chi connectivity index (χ1n) is 9.69. The zero-order valence-corrected chi connectivity index (χ0v) is 16.8. The summed E-state index contributed by atoms with van der Waals surface area (Å²) in [6.45, 7) is 5.38. The molecule has 8 nitrogen and oxygen atoms in total. The van der Waals surface area contributed by atoms with Crippen LogP contribution < -0.4 is 5.56 Å². The molecule has 2 aliphatic rings. The summed E-state index contributed by atoms with van der Waals surface area (Å²) < 4.78 is 6.61. The molecule has 28 heavy (non-hydrogen) atoms. The predicted molar refractivity (Wildman–Crippen MR) is 106 cm³/mol. The minimum absolute atomic E-state index is 0.0180. The summed E-state index contributed by atoms with van der Waals surface area (Å²) >= 11 is 1.27. The number of ether oxygens (including phenoxy) is 1. The Hall–Kier alpha value is -2.26. The van der Waals surface area contributed by atoms with Crippen LogP contribution in [0.1, 0.15) is 34.5 Å². The smallest absolute Gasteiger partial charge is 0.264 e. The van der Waals surface area contributed by atoms with E-state index in [1.165, 1.54) is 22.2 Å². The molecule has 4 rings (SSSR count). The molecule has 2 fully saturated rings. The van der Waals surface area contributed by atoms with Crippen LogP contribution in [0.15, 0.2) is 11.1 Å². The maximum Gasteiger partial charge on any atom is 0.264 e. The molecule has 0 atom stereocenters. The van der Waals surface area contributed by atoms with Crippen LogP contribution in [0.4, 0.5) is 0 Å². The Labute approximate surface area is 166 Å². The van der Waals surface area contributed by atoms with E-state index in [1.54, 1.807) is 11.8 Å². The number of carbonyl (C=O) groups is 2. The number of likely N-dealkylation sites (tertiary alicyclic amines) is 1. The molecular weight excluding hydrogens is 380 g/mol. The Morgan fingerprint density at radius 1 is 1.11 bits per heavy atom. The lowest BCUT2D eigenvalue weighted by Crippen LogP contribution is -2.43. The van der Waals surface area contributed by atoms with Gasteiger partial charge in [-0.1, -0.05) is 0 Å². The first-order chi connectivity index (χ1) is 13.6. The van der Waals surface area contributed by atoms with Gasteiger partial charge >= 0.3 is 0 Å². The van der Waals surface area contributed by atoms with E-state index >= 15 is 0 Å². The van der Waals surface area contributed by atoms with Crippen molar-refractivity contribution in [3.63, 3.8) is 0 Å². The number of fused-ring (bicyclic) bond motifs is 1. The number of hydrogen-bond donors (Lipinski definition) is 0. The van der Waals surface area contributed by atoms with Crippen LogP contribution in [-0.2, 0) is 16.1 Å². The molecule has 0 aliphatic carbocycles. The van der Waals surface area contributed by atoms with Crippen molar-refractivity contribution in [2.75, 3.05) is 39.4 Å². The number of piperidine rings is 1. The van der Waals surface area contributed by atoms with E-state index in [4.69, 9.17) is 4.74 Å². The van der Waals surface area contributed by atoms with Gasteiger partial charge in [0, 0.05) is 26.2 Å². The van der Waals surface area contributed by atoms with Crippen molar-refractivity contribution in [2.24, 2.45) is 0 Å². The summed E-state index contributed by atoms with van der Waals surface area (Å²) in [5.41, 5.74) is 0.402. The second-order valence-corrected chi connectivity index (χ2v) is 8.26. The molecule has 2 saturated heterocycles. The Kier molecular flexibility index (Phi) is 5.45. The molecule has 0 saturated carbocycles. The number of morpholine rings is 1. The van der Waals surface area contributed by atoms with E-state index in [1.807, 2.05) is 4.90 Å². The zero-order chi connectivity index (χ0) is 19.7. The monoisotopic (exact) mass is 404 g/mol. The molecule has 2 aromatic heterocycles. The normalized spacial score (nSPS) is 17.9. The average Bonchev–Trinajstić information content (AvgIpc) is 3.08. The van der Waals surface area contributed by atoms with Gasteiger partial charge in [-0.15, -0.1) is 11.3 Å². The molecule has 0 spiro atoms. The SMILES string of the molecule is Cc1c(C(=O)N2CCCCC2)sc2ncn(CC(=O)N3CCOCC3)c(=O)c12. The standard InChI is InChI=1S/C19H24N4O4S/c1-13-15-17(28-16(13)19(26)22-5-3-2-4-6-22)20-12-23(18(15)25)11-14(24)21-7-9-27-10-8-21/h12H,2-11H2,1H3. The van der Waals surface area contributed by atoms with E-state index in [9.17, 15) is 14.4 Å². The molecule has 0 N–H and O–H groups in total. The molecule has 9 heteroatoms. The second kappa shape index (κ2) is 8.00. The van der Waals surface area contributed by atoms with E-state index < -0.39 is 0 Å². The lowest BCUT2D eigenvalue weighted by molar-refractivity contribution is -0.135. The maximum atomic E-state index is 13.0.